The average molecular weight is 198 g/mol. The quantitative estimate of drug-likeness (QED) is 0.546. The van der Waals surface area contributed by atoms with Crippen LogP contribution in [-0.2, 0) is 0 Å². The van der Waals surface area contributed by atoms with Crippen LogP contribution < -0.4 is 0 Å². The first-order valence-corrected chi connectivity index (χ1v) is 4.77. The van der Waals surface area contributed by atoms with Gasteiger partial charge in [-0.25, -0.2) is 4.99 Å². The number of nitrogens with zero attached hydrogens (tertiary/aromatic N) is 3. The van der Waals surface area contributed by atoms with Crippen LogP contribution in [0, 0.1) is 0 Å². The van der Waals surface area contributed by atoms with Gasteiger partial charge in [-0.3, -0.25) is 4.99 Å². The van der Waals surface area contributed by atoms with Gasteiger partial charge in [-0.1, -0.05) is 11.6 Å². The molecule has 2 aliphatic rings. The second-order valence-corrected chi connectivity index (χ2v) is 3.85. The molecule has 0 saturated carbocycles. The average Bonchev–Trinajstić information content (AvgIpc) is 2.27. The molecule has 2 heterocycles. The summed E-state index contributed by atoms with van der Waals surface area (Å²) in [4.78, 5) is 10.8. The number of aliphatic imine (C=N–C) groups is 2. The van der Waals surface area contributed by atoms with E-state index in [1.54, 1.807) is 0 Å². The SMILES string of the molecule is CC1=NC(Cl)=CC2=NC(C)C(C)N12. The van der Waals surface area contributed by atoms with Crippen LogP contribution in [0.25, 0.3) is 0 Å². The topological polar surface area (TPSA) is 28.0 Å². The van der Waals surface area contributed by atoms with Crippen LogP contribution in [0.15, 0.2) is 21.2 Å². The van der Waals surface area contributed by atoms with Gasteiger partial charge >= 0.3 is 0 Å². The Morgan fingerprint density at radius 3 is 2.85 bits per heavy atom. The van der Waals surface area contributed by atoms with Crippen LogP contribution in [0.3, 0.4) is 0 Å². The van der Waals surface area contributed by atoms with Crippen molar-refractivity contribution in [2.24, 2.45) is 9.98 Å². The third kappa shape index (κ3) is 1.27. The predicted molar refractivity (Wildman–Crippen MR) is 55.2 cm³/mol. The Morgan fingerprint density at radius 1 is 1.46 bits per heavy atom. The third-order valence-corrected chi connectivity index (χ3v) is 2.75. The van der Waals surface area contributed by atoms with Gasteiger partial charge in [-0.2, -0.15) is 0 Å². The largest absolute Gasteiger partial charge is 0.310 e. The van der Waals surface area contributed by atoms with E-state index >= 15 is 0 Å². The van der Waals surface area contributed by atoms with Crippen LogP contribution >= 0.6 is 11.6 Å². The van der Waals surface area contributed by atoms with Gasteiger partial charge in [-0.05, 0) is 20.8 Å². The van der Waals surface area contributed by atoms with E-state index in [9.17, 15) is 0 Å². The van der Waals surface area contributed by atoms with Crippen molar-refractivity contribution in [2.45, 2.75) is 32.9 Å². The molecule has 0 spiro atoms. The zero-order valence-electron chi connectivity index (χ0n) is 7.95. The third-order valence-electron chi connectivity index (χ3n) is 2.55. The highest BCUT2D eigenvalue weighted by atomic mass is 35.5. The standard InChI is InChI=1S/C9H12ClN3/c1-5-6(2)13-7(3)12-8(10)4-9(13)11-5/h4-6H,1-3H3. The van der Waals surface area contributed by atoms with E-state index in [1.807, 2.05) is 13.0 Å². The van der Waals surface area contributed by atoms with Crippen molar-refractivity contribution in [2.75, 3.05) is 0 Å². The fourth-order valence-electron chi connectivity index (χ4n) is 1.72. The van der Waals surface area contributed by atoms with E-state index in [4.69, 9.17) is 11.6 Å². The Kier molecular flexibility index (Phi) is 1.91. The van der Waals surface area contributed by atoms with Crippen LogP contribution in [0.2, 0.25) is 0 Å². The summed E-state index contributed by atoms with van der Waals surface area (Å²) in [6, 6.07) is 0.707. The van der Waals surface area contributed by atoms with Gasteiger partial charge in [-0.15, -0.1) is 0 Å². The molecule has 0 bridgehead atoms. The van der Waals surface area contributed by atoms with Gasteiger partial charge < -0.3 is 4.90 Å². The molecule has 3 nitrogen and oxygen atoms in total. The number of halogens is 1. The molecule has 0 aromatic heterocycles. The Morgan fingerprint density at radius 2 is 2.15 bits per heavy atom. The van der Waals surface area contributed by atoms with Crippen molar-refractivity contribution < 1.29 is 0 Å². The van der Waals surface area contributed by atoms with E-state index in [0.29, 0.717) is 17.2 Å². The van der Waals surface area contributed by atoms with Gasteiger partial charge in [0, 0.05) is 6.08 Å². The van der Waals surface area contributed by atoms with Crippen molar-refractivity contribution in [1.82, 2.24) is 4.90 Å². The van der Waals surface area contributed by atoms with E-state index < -0.39 is 0 Å². The van der Waals surface area contributed by atoms with Gasteiger partial charge in [0.05, 0.1) is 12.1 Å². The number of fused-ring (bicyclic) bond motifs is 1. The van der Waals surface area contributed by atoms with Crippen LogP contribution in [0.1, 0.15) is 20.8 Å². The van der Waals surface area contributed by atoms with Crippen LogP contribution in [0.4, 0.5) is 0 Å². The van der Waals surface area contributed by atoms with E-state index in [-0.39, 0.29) is 0 Å². The lowest BCUT2D eigenvalue weighted by molar-refractivity contribution is 0.450. The molecule has 70 valence electrons. The Bertz CT molecular complexity index is 330. The lowest BCUT2D eigenvalue weighted by Gasteiger charge is -2.27. The van der Waals surface area contributed by atoms with Gasteiger partial charge in [0.2, 0.25) is 0 Å². The predicted octanol–water partition coefficient (Wildman–Crippen LogP) is 1.99. The summed E-state index contributed by atoms with van der Waals surface area (Å²) in [5.74, 6) is 1.88. The summed E-state index contributed by atoms with van der Waals surface area (Å²) in [5, 5.41) is 0.522. The highest BCUT2D eigenvalue weighted by Crippen LogP contribution is 2.24. The minimum Gasteiger partial charge on any atom is -0.310 e. The fourth-order valence-corrected chi connectivity index (χ4v) is 1.94. The summed E-state index contributed by atoms with van der Waals surface area (Å²) in [7, 11) is 0. The van der Waals surface area contributed by atoms with Crippen molar-refractivity contribution >= 4 is 23.3 Å². The highest BCUT2D eigenvalue weighted by molar-refractivity contribution is 6.33. The second-order valence-electron chi connectivity index (χ2n) is 3.46. The van der Waals surface area contributed by atoms with Gasteiger partial charge in [0.25, 0.3) is 0 Å². The molecule has 0 aliphatic carbocycles. The maximum atomic E-state index is 5.84. The molecule has 0 saturated heterocycles. The maximum Gasteiger partial charge on any atom is 0.134 e. The second kappa shape index (κ2) is 2.84. The molecule has 2 atom stereocenters. The molecule has 0 N–H and O–H groups in total. The van der Waals surface area contributed by atoms with Crippen molar-refractivity contribution in [1.29, 1.82) is 0 Å². The Balaban J connectivity index is 2.41. The smallest absolute Gasteiger partial charge is 0.134 e. The molecule has 0 aromatic carbocycles. The minimum absolute atomic E-state index is 0.318. The van der Waals surface area contributed by atoms with Crippen LogP contribution in [-0.4, -0.2) is 28.7 Å². The molecule has 0 radical (unpaired) electrons. The summed E-state index contributed by atoms with van der Waals surface area (Å²) >= 11 is 5.84. The summed E-state index contributed by atoms with van der Waals surface area (Å²) in [6.07, 6.45) is 1.81. The van der Waals surface area contributed by atoms with Crippen molar-refractivity contribution in [3.63, 3.8) is 0 Å². The summed E-state index contributed by atoms with van der Waals surface area (Å²) in [6.45, 7) is 6.21. The first kappa shape index (κ1) is 8.75. The molecule has 0 amide bonds. The summed E-state index contributed by atoms with van der Waals surface area (Å²) < 4.78 is 0. The molecule has 2 aliphatic heterocycles. The molecule has 2 unspecified atom stereocenters. The highest BCUT2D eigenvalue weighted by Gasteiger charge is 2.32. The lowest BCUT2D eigenvalue weighted by Crippen LogP contribution is -2.41. The molecule has 2 rings (SSSR count). The lowest BCUT2D eigenvalue weighted by atomic mass is 10.2. The zero-order valence-corrected chi connectivity index (χ0v) is 8.71. The number of hydrogen-bond acceptors (Lipinski definition) is 3. The van der Waals surface area contributed by atoms with E-state index in [1.165, 1.54) is 0 Å². The molecule has 4 heteroatoms. The normalized spacial score (nSPS) is 32.3. The number of amidine groups is 2. The van der Waals surface area contributed by atoms with Crippen LogP contribution in [0.5, 0.6) is 0 Å². The van der Waals surface area contributed by atoms with Crippen molar-refractivity contribution in [3.05, 3.63) is 11.2 Å². The first-order valence-electron chi connectivity index (χ1n) is 4.39. The number of rotatable bonds is 0. The fraction of sp³-hybridized carbons (Fsp3) is 0.556. The maximum absolute atomic E-state index is 5.84. The zero-order chi connectivity index (χ0) is 9.59. The monoisotopic (exact) mass is 197 g/mol. The first-order chi connectivity index (χ1) is 6.09. The molecule has 0 aromatic rings. The summed E-state index contributed by atoms with van der Waals surface area (Å²) in [5.41, 5.74) is 0. The Hall–Kier alpha value is -0.830. The number of hydrogen-bond donors (Lipinski definition) is 0. The molecular formula is C9H12ClN3. The van der Waals surface area contributed by atoms with Crippen molar-refractivity contribution in [3.8, 4) is 0 Å². The van der Waals surface area contributed by atoms with Gasteiger partial charge in [0.1, 0.15) is 16.8 Å². The van der Waals surface area contributed by atoms with E-state index in [0.717, 1.165) is 11.7 Å². The Labute approximate surface area is 82.8 Å². The molecule has 13 heavy (non-hydrogen) atoms. The minimum atomic E-state index is 0.318. The molecular weight excluding hydrogens is 186 g/mol. The van der Waals surface area contributed by atoms with Gasteiger partial charge in [0.15, 0.2) is 0 Å². The molecule has 0 fully saturated rings. The van der Waals surface area contributed by atoms with E-state index in [2.05, 4.69) is 28.7 Å².